The molecule has 0 saturated heterocycles. The summed E-state index contributed by atoms with van der Waals surface area (Å²) in [6.45, 7) is 2.71. The molecule has 134 valence electrons. The average molecular weight is 370 g/mol. The van der Waals surface area contributed by atoms with Crippen LogP contribution in [0, 0.1) is 0 Å². The fourth-order valence-electron chi connectivity index (χ4n) is 2.75. The molecule has 6 nitrogen and oxygen atoms in total. The number of aromatic nitrogens is 1. The third-order valence-corrected chi connectivity index (χ3v) is 5.14. The average Bonchev–Trinajstić information content (AvgIpc) is 3.33. The van der Waals surface area contributed by atoms with Gasteiger partial charge in [0.25, 0.3) is 0 Å². The largest absolute Gasteiger partial charge is 0.467 e. The Morgan fingerprint density at radius 1 is 1.27 bits per heavy atom. The first kappa shape index (κ1) is 16.8. The number of hydrogen-bond acceptors (Lipinski definition) is 6. The minimum absolute atomic E-state index is 0.0546. The highest BCUT2D eigenvalue weighted by atomic mass is 32.2. The summed E-state index contributed by atoms with van der Waals surface area (Å²) < 4.78 is 16.1. The normalized spacial score (nSPS) is 12.5. The zero-order valence-electron chi connectivity index (χ0n) is 14.3. The van der Waals surface area contributed by atoms with Gasteiger partial charge in [-0.15, -0.1) is 0 Å². The number of rotatable bonds is 6. The van der Waals surface area contributed by atoms with E-state index in [1.165, 1.54) is 11.8 Å². The number of aryl methyl sites for hydroxylation is 1. The first-order valence-electron chi connectivity index (χ1n) is 8.38. The number of thioether (sulfide) groups is 1. The molecule has 0 unspecified atom stereocenters. The van der Waals surface area contributed by atoms with Gasteiger partial charge in [0.2, 0.25) is 12.7 Å². The maximum atomic E-state index is 12.1. The summed E-state index contributed by atoms with van der Waals surface area (Å²) in [5.74, 6) is 2.44. The number of furan rings is 1. The molecule has 3 aromatic rings. The van der Waals surface area contributed by atoms with E-state index in [2.05, 4.69) is 18.3 Å². The molecule has 2 aromatic heterocycles. The van der Waals surface area contributed by atoms with Gasteiger partial charge in [0.1, 0.15) is 10.8 Å². The first-order chi connectivity index (χ1) is 12.7. The van der Waals surface area contributed by atoms with Gasteiger partial charge in [0.05, 0.1) is 24.1 Å². The second-order valence-corrected chi connectivity index (χ2v) is 6.81. The lowest BCUT2D eigenvalue weighted by atomic mass is 10.1. The van der Waals surface area contributed by atoms with E-state index in [0.717, 1.165) is 39.4 Å². The highest BCUT2D eigenvalue weighted by Gasteiger charge is 2.16. The number of benzene rings is 1. The highest BCUT2D eigenvalue weighted by Crippen LogP contribution is 2.37. The zero-order chi connectivity index (χ0) is 17.9. The molecular formula is C19H18N2O4S. The van der Waals surface area contributed by atoms with E-state index in [0.29, 0.717) is 18.0 Å². The molecule has 7 heteroatoms. The predicted octanol–water partition coefficient (Wildman–Crippen LogP) is 3.53. The molecular weight excluding hydrogens is 352 g/mol. The molecule has 1 amide bonds. The fraction of sp³-hybridized carbons (Fsp3) is 0.263. The third-order valence-electron chi connectivity index (χ3n) is 4.11. The lowest BCUT2D eigenvalue weighted by Gasteiger charge is -2.10. The Kier molecular flexibility index (Phi) is 4.71. The van der Waals surface area contributed by atoms with Crippen LogP contribution < -0.4 is 14.8 Å². The lowest BCUT2D eigenvalue weighted by Crippen LogP contribution is -2.24. The summed E-state index contributed by atoms with van der Waals surface area (Å²) >= 11 is 1.44. The number of pyridine rings is 1. The topological polar surface area (TPSA) is 73.6 Å². The van der Waals surface area contributed by atoms with Crippen LogP contribution in [-0.4, -0.2) is 23.4 Å². The molecule has 1 N–H and O–H groups in total. The number of amides is 1. The van der Waals surface area contributed by atoms with Gasteiger partial charge in [-0.25, -0.2) is 4.98 Å². The van der Waals surface area contributed by atoms with Crippen LogP contribution in [0.5, 0.6) is 11.5 Å². The van der Waals surface area contributed by atoms with E-state index >= 15 is 0 Å². The number of ether oxygens (including phenoxy) is 2. The third kappa shape index (κ3) is 3.48. The van der Waals surface area contributed by atoms with Gasteiger partial charge in [0.15, 0.2) is 11.5 Å². The molecule has 0 saturated carbocycles. The minimum atomic E-state index is -0.0546. The van der Waals surface area contributed by atoms with E-state index in [4.69, 9.17) is 18.9 Å². The molecule has 0 fully saturated rings. The summed E-state index contributed by atoms with van der Waals surface area (Å²) in [5.41, 5.74) is 1.95. The molecule has 0 spiro atoms. The van der Waals surface area contributed by atoms with E-state index in [1.807, 2.05) is 18.2 Å². The maximum absolute atomic E-state index is 12.1. The van der Waals surface area contributed by atoms with Crippen LogP contribution in [0.15, 0.2) is 46.0 Å². The van der Waals surface area contributed by atoms with Gasteiger partial charge in [0, 0.05) is 11.5 Å². The number of hydrogen-bond donors (Lipinski definition) is 1. The summed E-state index contributed by atoms with van der Waals surface area (Å²) in [6.07, 6.45) is 2.43. The van der Waals surface area contributed by atoms with Crippen LogP contribution in [0.25, 0.3) is 10.9 Å². The summed E-state index contributed by atoms with van der Waals surface area (Å²) in [4.78, 5) is 16.8. The van der Waals surface area contributed by atoms with Gasteiger partial charge >= 0.3 is 0 Å². The van der Waals surface area contributed by atoms with Crippen molar-refractivity contribution in [3.05, 3.63) is 47.9 Å². The summed E-state index contributed by atoms with van der Waals surface area (Å²) in [5, 5.41) is 4.73. The maximum Gasteiger partial charge on any atom is 0.231 e. The van der Waals surface area contributed by atoms with Crippen LogP contribution in [-0.2, 0) is 17.8 Å². The summed E-state index contributed by atoms with van der Waals surface area (Å²) in [7, 11) is 0. The predicted molar refractivity (Wildman–Crippen MR) is 98.5 cm³/mol. The van der Waals surface area contributed by atoms with E-state index in [9.17, 15) is 4.79 Å². The number of fused-ring (bicyclic) bond motifs is 2. The van der Waals surface area contributed by atoms with Crippen molar-refractivity contribution in [2.24, 2.45) is 0 Å². The zero-order valence-corrected chi connectivity index (χ0v) is 15.1. The standard InChI is InChI=1S/C19H18N2O4S/c1-2-12-6-13-7-16-17(25-11-24-16)8-15(13)21-19(12)26-10-18(22)20-9-14-4-3-5-23-14/h3-8H,2,9-11H2,1H3,(H,20,22). The molecule has 4 rings (SSSR count). The number of nitrogens with zero attached hydrogens (tertiary/aromatic N) is 1. The van der Waals surface area contributed by atoms with Crippen LogP contribution in [0.2, 0.25) is 0 Å². The molecule has 0 aliphatic carbocycles. The monoisotopic (exact) mass is 370 g/mol. The Morgan fingerprint density at radius 2 is 2.12 bits per heavy atom. The Balaban J connectivity index is 1.48. The van der Waals surface area contributed by atoms with Gasteiger partial charge < -0.3 is 19.2 Å². The van der Waals surface area contributed by atoms with Crippen molar-refractivity contribution in [3.63, 3.8) is 0 Å². The van der Waals surface area contributed by atoms with Gasteiger partial charge in [-0.2, -0.15) is 0 Å². The molecule has 0 bridgehead atoms. The van der Waals surface area contributed by atoms with Crippen LogP contribution in [0.1, 0.15) is 18.2 Å². The SMILES string of the molecule is CCc1cc2cc3c(cc2nc1SCC(=O)NCc1ccco1)OCO3. The van der Waals surface area contributed by atoms with Crippen molar-refractivity contribution in [3.8, 4) is 11.5 Å². The van der Waals surface area contributed by atoms with Crippen molar-refractivity contribution in [2.75, 3.05) is 12.5 Å². The molecule has 1 aliphatic rings. The van der Waals surface area contributed by atoms with Gasteiger partial charge in [-0.3, -0.25) is 4.79 Å². The van der Waals surface area contributed by atoms with E-state index in [-0.39, 0.29) is 12.7 Å². The van der Waals surface area contributed by atoms with Crippen molar-refractivity contribution in [1.82, 2.24) is 10.3 Å². The highest BCUT2D eigenvalue weighted by molar-refractivity contribution is 7.99. The van der Waals surface area contributed by atoms with Gasteiger partial charge in [-0.05, 0) is 36.2 Å². The molecule has 1 aliphatic heterocycles. The molecule has 1 aromatic carbocycles. The van der Waals surface area contributed by atoms with Crippen molar-refractivity contribution >= 4 is 28.6 Å². The number of carbonyl (C=O) groups excluding carboxylic acids is 1. The lowest BCUT2D eigenvalue weighted by molar-refractivity contribution is -0.118. The Labute approximate surface area is 154 Å². The molecule has 26 heavy (non-hydrogen) atoms. The molecule has 3 heterocycles. The second kappa shape index (κ2) is 7.29. The quantitative estimate of drug-likeness (QED) is 0.669. The van der Waals surface area contributed by atoms with E-state index < -0.39 is 0 Å². The fourth-order valence-corrected chi connectivity index (χ4v) is 3.67. The second-order valence-electron chi connectivity index (χ2n) is 5.85. The number of nitrogens with one attached hydrogen (secondary N) is 1. The molecule has 0 radical (unpaired) electrons. The van der Waals surface area contributed by atoms with Crippen molar-refractivity contribution in [2.45, 2.75) is 24.9 Å². The Hall–Kier alpha value is -2.67. The van der Waals surface area contributed by atoms with Crippen LogP contribution in [0.3, 0.4) is 0 Å². The smallest absolute Gasteiger partial charge is 0.231 e. The van der Waals surface area contributed by atoms with Gasteiger partial charge in [-0.1, -0.05) is 18.7 Å². The van der Waals surface area contributed by atoms with Crippen molar-refractivity contribution < 1.29 is 18.7 Å². The van der Waals surface area contributed by atoms with Crippen LogP contribution in [0.4, 0.5) is 0 Å². The minimum Gasteiger partial charge on any atom is -0.467 e. The number of carbonyl (C=O) groups is 1. The molecule has 0 atom stereocenters. The van der Waals surface area contributed by atoms with E-state index in [1.54, 1.807) is 12.3 Å². The van der Waals surface area contributed by atoms with Crippen molar-refractivity contribution in [1.29, 1.82) is 0 Å². The summed E-state index contributed by atoms with van der Waals surface area (Å²) in [6, 6.07) is 9.58. The first-order valence-corrected chi connectivity index (χ1v) is 9.36. The Bertz CT molecular complexity index is 940. The van der Waals surface area contributed by atoms with Crippen LogP contribution >= 0.6 is 11.8 Å². The Morgan fingerprint density at radius 3 is 2.88 bits per heavy atom.